The number of amides is 2. The highest BCUT2D eigenvalue weighted by molar-refractivity contribution is 5.74. The number of benzene rings is 1. The average molecular weight is 333 g/mol. The van der Waals surface area contributed by atoms with E-state index in [1.165, 1.54) is 12.8 Å². The van der Waals surface area contributed by atoms with E-state index in [0.717, 1.165) is 31.1 Å². The summed E-state index contributed by atoms with van der Waals surface area (Å²) in [6.45, 7) is 7.35. The summed E-state index contributed by atoms with van der Waals surface area (Å²) in [6.07, 6.45) is 3.17. The number of hydrogen-bond acceptors (Lipinski definition) is 3. The number of carbonyl (C=O) groups excluding carboxylic acids is 1. The van der Waals surface area contributed by atoms with Gasteiger partial charge in [0.05, 0.1) is 12.6 Å². The van der Waals surface area contributed by atoms with Gasteiger partial charge in [-0.25, -0.2) is 4.79 Å². The second kappa shape index (κ2) is 9.64. The third-order valence-corrected chi connectivity index (χ3v) is 4.53. The van der Waals surface area contributed by atoms with Crippen LogP contribution in [0.1, 0.15) is 32.3 Å². The van der Waals surface area contributed by atoms with Crippen molar-refractivity contribution >= 4 is 6.03 Å². The van der Waals surface area contributed by atoms with Crippen molar-refractivity contribution in [1.82, 2.24) is 15.5 Å². The maximum absolute atomic E-state index is 12.2. The molecule has 5 heteroatoms. The van der Waals surface area contributed by atoms with Crippen LogP contribution in [0.2, 0.25) is 0 Å². The second-order valence-electron chi connectivity index (χ2n) is 7.10. The molecular weight excluding hydrogens is 302 g/mol. The predicted molar refractivity (Wildman–Crippen MR) is 97.0 cm³/mol. The Hall–Kier alpha value is -1.59. The molecule has 2 rings (SSSR count). The number of carbonyl (C=O) groups is 1. The molecule has 5 nitrogen and oxygen atoms in total. The highest BCUT2D eigenvalue weighted by Crippen LogP contribution is 2.15. The first-order chi connectivity index (χ1) is 11.6. The molecule has 1 saturated heterocycles. The Balaban J connectivity index is 1.74. The van der Waals surface area contributed by atoms with E-state index in [2.05, 4.69) is 22.5 Å². The summed E-state index contributed by atoms with van der Waals surface area (Å²) < 4.78 is 0. The third kappa shape index (κ3) is 6.49. The summed E-state index contributed by atoms with van der Waals surface area (Å²) in [5.74, 6) is 0.740. The van der Waals surface area contributed by atoms with Crippen molar-refractivity contribution in [2.24, 2.45) is 5.92 Å². The average Bonchev–Trinajstić information content (AvgIpc) is 2.55. The van der Waals surface area contributed by atoms with Crippen LogP contribution in [0.15, 0.2) is 30.3 Å². The molecule has 2 amide bonds. The first-order valence-electron chi connectivity index (χ1n) is 9.01. The summed E-state index contributed by atoms with van der Waals surface area (Å²) in [7, 11) is 0. The molecule has 1 aromatic rings. The summed E-state index contributed by atoms with van der Waals surface area (Å²) in [5.41, 5.74) is 1.10. The summed E-state index contributed by atoms with van der Waals surface area (Å²) in [5, 5.41) is 15.4. The van der Waals surface area contributed by atoms with Gasteiger partial charge in [0.1, 0.15) is 0 Å². The van der Waals surface area contributed by atoms with Crippen molar-refractivity contribution in [2.75, 3.05) is 26.2 Å². The van der Waals surface area contributed by atoms with Crippen molar-refractivity contribution in [2.45, 2.75) is 45.2 Å². The molecule has 0 spiro atoms. The lowest BCUT2D eigenvalue weighted by Gasteiger charge is -2.33. The maximum atomic E-state index is 12.2. The highest BCUT2D eigenvalue weighted by atomic mass is 16.3. The SMILES string of the molecule is CC1CCCN(CC(C)NC(=O)NC(CO)Cc2ccccc2)C1. The molecule has 24 heavy (non-hydrogen) atoms. The van der Waals surface area contributed by atoms with Crippen LogP contribution in [-0.2, 0) is 6.42 Å². The van der Waals surface area contributed by atoms with Gasteiger partial charge in [-0.1, -0.05) is 37.3 Å². The van der Waals surface area contributed by atoms with Gasteiger partial charge in [-0.05, 0) is 44.2 Å². The highest BCUT2D eigenvalue weighted by Gasteiger charge is 2.19. The molecule has 0 aromatic heterocycles. The fourth-order valence-electron chi connectivity index (χ4n) is 3.40. The number of rotatable bonds is 7. The first kappa shape index (κ1) is 18.7. The van der Waals surface area contributed by atoms with Crippen LogP contribution in [-0.4, -0.2) is 54.4 Å². The molecule has 1 aliphatic rings. The van der Waals surface area contributed by atoms with Crippen molar-refractivity contribution in [1.29, 1.82) is 0 Å². The molecule has 1 heterocycles. The third-order valence-electron chi connectivity index (χ3n) is 4.53. The van der Waals surface area contributed by atoms with Gasteiger partial charge in [-0.3, -0.25) is 0 Å². The molecule has 1 aromatic carbocycles. The van der Waals surface area contributed by atoms with E-state index in [1.807, 2.05) is 37.3 Å². The van der Waals surface area contributed by atoms with Gasteiger partial charge < -0.3 is 20.6 Å². The minimum Gasteiger partial charge on any atom is -0.394 e. The molecule has 134 valence electrons. The molecular formula is C19H31N3O2. The lowest BCUT2D eigenvalue weighted by atomic mass is 10.00. The number of urea groups is 1. The number of nitrogens with zero attached hydrogens (tertiary/aromatic N) is 1. The molecule has 0 saturated carbocycles. The Bertz CT molecular complexity index is 495. The number of piperidine rings is 1. The Labute approximate surface area is 145 Å². The van der Waals surface area contributed by atoms with Gasteiger partial charge in [0.15, 0.2) is 0 Å². The fraction of sp³-hybridized carbons (Fsp3) is 0.632. The topological polar surface area (TPSA) is 64.6 Å². The number of aliphatic hydroxyl groups is 1. The van der Waals surface area contributed by atoms with Gasteiger partial charge in [-0.2, -0.15) is 0 Å². The minimum atomic E-state index is -0.269. The number of likely N-dealkylation sites (tertiary alicyclic amines) is 1. The standard InChI is InChI=1S/C19H31N3O2/c1-15-7-6-10-22(12-15)13-16(2)20-19(24)21-18(14-23)11-17-8-4-3-5-9-17/h3-5,8-9,15-16,18,23H,6-7,10-14H2,1-2H3,(H2,20,21,24). The van der Waals surface area contributed by atoms with Crippen LogP contribution < -0.4 is 10.6 Å². The molecule has 3 N–H and O–H groups in total. The van der Waals surface area contributed by atoms with Gasteiger partial charge in [0.25, 0.3) is 0 Å². The van der Waals surface area contributed by atoms with E-state index in [9.17, 15) is 9.90 Å². The van der Waals surface area contributed by atoms with Crippen molar-refractivity contribution in [3.05, 3.63) is 35.9 Å². The van der Waals surface area contributed by atoms with Crippen molar-refractivity contribution in [3.8, 4) is 0 Å². The number of nitrogens with one attached hydrogen (secondary N) is 2. The minimum absolute atomic E-state index is 0.0691. The molecule has 0 bridgehead atoms. The van der Waals surface area contributed by atoms with E-state index in [0.29, 0.717) is 6.42 Å². The molecule has 1 fully saturated rings. The summed E-state index contributed by atoms with van der Waals surface area (Å²) in [6, 6.07) is 9.51. The zero-order chi connectivity index (χ0) is 17.4. The Morgan fingerprint density at radius 2 is 2.08 bits per heavy atom. The maximum Gasteiger partial charge on any atom is 0.315 e. The second-order valence-corrected chi connectivity index (χ2v) is 7.10. The Morgan fingerprint density at radius 1 is 1.33 bits per heavy atom. The zero-order valence-corrected chi connectivity index (χ0v) is 14.9. The van der Waals surface area contributed by atoms with E-state index in [4.69, 9.17) is 0 Å². The Kier molecular flexibility index (Phi) is 7.53. The van der Waals surface area contributed by atoms with Crippen molar-refractivity contribution < 1.29 is 9.90 Å². The van der Waals surface area contributed by atoms with Crippen LogP contribution in [0.4, 0.5) is 4.79 Å². The molecule has 3 unspecified atom stereocenters. The van der Waals surface area contributed by atoms with Crippen LogP contribution >= 0.6 is 0 Å². The van der Waals surface area contributed by atoms with E-state index in [1.54, 1.807) is 0 Å². The normalized spacial score (nSPS) is 21.0. The Morgan fingerprint density at radius 3 is 2.75 bits per heavy atom. The van der Waals surface area contributed by atoms with E-state index >= 15 is 0 Å². The van der Waals surface area contributed by atoms with Crippen LogP contribution in [0.3, 0.4) is 0 Å². The molecule has 1 aliphatic heterocycles. The number of aliphatic hydroxyl groups excluding tert-OH is 1. The quantitative estimate of drug-likeness (QED) is 0.715. The van der Waals surface area contributed by atoms with E-state index < -0.39 is 0 Å². The largest absolute Gasteiger partial charge is 0.394 e. The van der Waals surface area contributed by atoms with E-state index in [-0.39, 0.29) is 24.7 Å². The lowest BCUT2D eigenvalue weighted by molar-refractivity contribution is 0.168. The van der Waals surface area contributed by atoms with Gasteiger partial charge in [0, 0.05) is 19.1 Å². The number of hydrogen-bond donors (Lipinski definition) is 3. The van der Waals surface area contributed by atoms with Crippen LogP contribution in [0.5, 0.6) is 0 Å². The summed E-state index contributed by atoms with van der Waals surface area (Å²) >= 11 is 0. The molecule has 0 aliphatic carbocycles. The first-order valence-corrected chi connectivity index (χ1v) is 9.01. The smallest absolute Gasteiger partial charge is 0.315 e. The van der Waals surface area contributed by atoms with Gasteiger partial charge >= 0.3 is 6.03 Å². The predicted octanol–water partition coefficient (Wildman–Crippen LogP) is 2.01. The van der Waals surface area contributed by atoms with Crippen LogP contribution in [0, 0.1) is 5.92 Å². The fourth-order valence-corrected chi connectivity index (χ4v) is 3.40. The monoisotopic (exact) mass is 333 g/mol. The van der Waals surface area contributed by atoms with Gasteiger partial charge in [-0.15, -0.1) is 0 Å². The zero-order valence-electron chi connectivity index (χ0n) is 14.9. The van der Waals surface area contributed by atoms with Crippen molar-refractivity contribution in [3.63, 3.8) is 0 Å². The lowest BCUT2D eigenvalue weighted by Crippen LogP contribution is -2.51. The van der Waals surface area contributed by atoms with Crippen LogP contribution in [0.25, 0.3) is 0 Å². The van der Waals surface area contributed by atoms with Gasteiger partial charge in [0.2, 0.25) is 0 Å². The molecule has 0 radical (unpaired) electrons. The molecule has 3 atom stereocenters. The summed E-state index contributed by atoms with van der Waals surface area (Å²) in [4.78, 5) is 14.6.